The number of rotatable bonds is 6. The van der Waals surface area contributed by atoms with Crippen LogP contribution in [0.4, 0.5) is 0 Å². The first-order chi connectivity index (χ1) is 9.93. The van der Waals surface area contributed by atoms with Crippen molar-refractivity contribution in [3.8, 4) is 0 Å². The normalized spacial score (nSPS) is 22.5. The molecule has 1 saturated carbocycles. The van der Waals surface area contributed by atoms with Crippen molar-refractivity contribution in [2.24, 2.45) is 17.3 Å². The highest BCUT2D eigenvalue weighted by molar-refractivity contribution is 5.83. The van der Waals surface area contributed by atoms with Gasteiger partial charge in [-0.3, -0.25) is 9.78 Å². The lowest BCUT2D eigenvalue weighted by Gasteiger charge is -2.06. The molecule has 0 aromatic carbocycles. The molecule has 0 aliphatic heterocycles. The van der Waals surface area contributed by atoms with E-state index in [0.29, 0.717) is 5.92 Å². The zero-order chi connectivity index (χ0) is 15.5. The third kappa shape index (κ3) is 3.93. The molecule has 0 radical (unpaired) electrons. The van der Waals surface area contributed by atoms with Gasteiger partial charge in [0, 0.05) is 18.9 Å². The van der Waals surface area contributed by atoms with Gasteiger partial charge in [-0.05, 0) is 49.7 Å². The van der Waals surface area contributed by atoms with Crippen LogP contribution in [0.2, 0.25) is 0 Å². The average molecular weight is 286 g/mol. The van der Waals surface area contributed by atoms with Crippen LogP contribution in [-0.4, -0.2) is 17.4 Å². The van der Waals surface area contributed by atoms with Gasteiger partial charge in [0.1, 0.15) is 0 Å². The van der Waals surface area contributed by atoms with Crippen LogP contribution < -0.4 is 5.32 Å². The molecule has 1 aliphatic carbocycles. The van der Waals surface area contributed by atoms with Crippen molar-refractivity contribution in [3.05, 3.63) is 41.7 Å². The van der Waals surface area contributed by atoms with E-state index < -0.39 is 0 Å². The quantitative estimate of drug-likeness (QED) is 0.643. The molecule has 1 aromatic heterocycles. The van der Waals surface area contributed by atoms with Crippen molar-refractivity contribution < 1.29 is 4.79 Å². The maximum atomic E-state index is 12.3. The van der Waals surface area contributed by atoms with Crippen LogP contribution in [-0.2, 0) is 11.2 Å². The molecular weight excluding hydrogens is 260 g/mol. The van der Waals surface area contributed by atoms with Crippen molar-refractivity contribution in [3.63, 3.8) is 0 Å². The highest BCUT2D eigenvalue weighted by atomic mass is 16.2. The summed E-state index contributed by atoms with van der Waals surface area (Å²) < 4.78 is 0. The standard InChI is InChI=1S/C18H26N2O/c1-13(2)11-15-16(18(15,3)4)17(21)20-10-6-8-14-7-5-9-19-12-14/h5,7,9,11-12,15-16H,6,8,10H2,1-4H3,(H,20,21). The van der Waals surface area contributed by atoms with E-state index in [1.165, 1.54) is 11.1 Å². The Bertz CT molecular complexity index is 515. The fraction of sp³-hybridized carbons (Fsp3) is 0.556. The number of pyridine rings is 1. The van der Waals surface area contributed by atoms with Crippen molar-refractivity contribution in [1.82, 2.24) is 10.3 Å². The van der Waals surface area contributed by atoms with Gasteiger partial charge >= 0.3 is 0 Å². The number of nitrogens with zero attached hydrogens (tertiary/aromatic N) is 1. The van der Waals surface area contributed by atoms with E-state index >= 15 is 0 Å². The van der Waals surface area contributed by atoms with Crippen molar-refractivity contribution in [2.45, 2.75) is 40.5 Å². The highest BCUT2D eigenvalue weighted by Crippen LogP contribution is 2.59. The lowest BCUT2D eigenvalue weighted by atomic mass is 10.1. The number of allylic oxidation sites excluding steroid dienone is 2. The molecule has 3 nitrogen and oxygen atoms in total. The van der Waals surface area contributed by atoms with Crippen LogP contribution >= 0.6 is 0 Å². The SMILES string of the molecule is CC(C)=CC1C(C(=O)NCCCc2cccnc2)C1(C)C. The maximum absolute atomic E-state index is 12.3. The zero-order valence-corrected chi connectivity index (χ0v) is 13.5. The monoisotopic (exact) mass is 286 g/mol. The van der Waals surface area contributed by atoms with Crippen LogP contribution in [0.5, 0.6) is 0 Å². The van der Waals surface area contributed by atoms with Gasteiger partial charge < -0.3 is 5.32 Å². The van der Waals surface area contributed by atoms with Crippen LogP contribution in [0.1, 0.15) is 39.7 Å². The summed E-state index contributed by atoms with van der Waals surface area (Å²) in [6, 6.07) is 4.02. The van der Waals surface area contributed by atoms with Crippen LogP contribution in [0.25, 0.3) is 0 Å². The third-order valence-corrected chi connectivity index (χ3v) is 4.37. The smallest absolute Gasteiger partial charge is 0.224 e. The molecular formula is C18H26N2O. The van der Waals surface area contributed by atoms with Crippen LogP contribution in [0, 0.1) is 17.3 Å². The van der Waals surface area contributed by atoms with Gasteiger partial charge in [0.05, 0.1) is 5.92 Å². The Kier molecular flexibility index (Phi) is 4.81. The van der Waals surface area contributed by atoms with E-state index in [1.54, 1.807) is 6.20 Å². The maximum Gasteiger partial charge on any atom is 0.224 e. The van der Waals surface area contributed by atoms with Crippen molar-refractivity contribution in [1.29, 1.82) is 0 Å². The number of hydrogen-bond donors (Lipinski definition) is 1. The second-order valence-corrected chi connectivity index (χ2v) is 6.82. The summed E-state index contributed by atoms with van der Waals surface area (Å²) >= 11 is 0. The van der Waals surface area contributed by atoms with E-state index in [2.05, 4.69) is 50.1 Å². The topological polar surface area (TPSA) is 42.0 Å². The van der Waals surface area contributed by atoms with Gasteiger partial charge in [-0.25, -0.2) is 0 Å². The molecule has 1 aromatic rings. The Morgan fingerprint density at radius 1 is 1.43 bits per heavy atom. The van der Waals surface area contributed by atoms with Gasteiger partial charge in [-0.15, -0.1) is 0 Å². The minimum absolute atomic E-state index is 0.102. The van der Waals surface area contributed by atoms with E-state index in [-0.39, 0.29) is 17.2 Å². The first-order valence-corrected chi connectivity index (χ1v) is 7.74. The Labute approximate surface area is 127 Å². The second-order valence-electron chi connectivity index (χ2n) is 6.82. The number of nitrogens with one attached hydrogen (secondary N) is 1. The summed E-state index contributed by atoms with van der Waals surface area (Å²) in [4.78, 5) is 16.4. The largest absolute Gasteiger partial charge is 0.356 e. The van der Waals surface area contributed by atoms with Crippen molar-refractivity contribution >= 4 is 5.91 Å². The van der Waals surface area contributed by atoms with Gasteiger partial charge in [-0.1, -0.05) is 31.6 Å². The predicted molar refractivity (Wildman–Crippen MR) is 85.8 cm³/mol. The molecule has 1 fully saturated rings. The number of aromatic nitrogens is 1. The van der Waals surface area contributed by atoms with E-state index in [1.807, 2.05) is 12.3 Å². The van der Waals surface area contributed by atoms with Gasteiger partial charge in [-0.2, -0.15) is 0 Å². The number of carbonyl (C=O) groups excluding carboxylic acids is 1. The average Bonchev–Trinajstić information content (AvgIpc) is 2.96. The molecule has 21 heavy (non-hydrogen) atoms. The van der Waals surface area contributed by atoms with E-state index in [9.17, 15) is 4.79 Å². The minimum Gasteiger partial charge on any atom is -0.356 e. The fourth-order valence-corrected chi connectivity index (χ4v) is 3.01. The molecule has 0 spiro atoms. The Morgan fingerprint density at radius 2 is 2.19 bits per heavy atom. The molecule has 2 unspecified atom stereocenters. The van der Waals surface area contributed by atoms with E-state index in [4.69, 9.17) is 0 Å². The predicted octanol–water partition coefficient (Wildman–Crippen LogP) is 3.37. The van der Waals surface area contributed by atoms with Crippen molar-refractivity contribution in [2.75, 3.05) is 6.54 Å². The third-order valence-electron chi connectivity index (χ3n) is 4.37. The first kappa shape index (κ1) is 15.7. The molecule has 3 heteroatoms. The summed E-state index contributed by atoms with van der Waals surface area (Å²) in [5, 5.41) is 3.09. The first-order valence-electron chi connectivity index (χ1n) is 7.74. The Hall–Kier alpha value is -1.64. The lowest BCUT2D eigenvalue weighted by Crippen LogP contribution is -2.28. The molecule has 1 aliphatic rings. The molecule has 0 bridgehead atoms. The summed E-state index contributed by atoms with van der Waals surface area (Å²) in [6.07, 6.45) is 7.82. The van der Waals surface area contributed by atoms with Gasteiger partial charge in [0.15, 0.2) is 0 Å². The Morgan fingerprint density at radius 3 is 2.81 bits per heavy atom. The summed E-state index contributed by atoms with van der Waals surface area (Å²) in [5.41, 5.74) is 2.62. The molecule has 0 saturated heterocycles. The number of hydrogen-bond acceptors (Lipinski definition) is 2. The molecule has 114 valence electrons. The highest BCUT2D eigenvalue weighted by Gasteiger charge is 2.60. The van der Waals surface area contributed by atoms with Crippen LogP contribution in [0.15, 0.2) is 36.2 Å². The number of carbonyl (C=O) groups is 1. The molecule has 1 heterocycles. The second kappa shape index (κ2) is 6.42. The molecule has 2 atom stereocenters. The van der Waals surface area contributed by atoms with Gasteiger partial charge in [0.25, 0.3) is 0 Å². The minimum atomic E-state index is 0.102. The Balaban J connectivity index is 1.74. The lowest BCUT2D eigenvalue weighted by molar-refractivity contribution is -0.123. The summed E-state index contributed by atoms with van der Waals surface area (Å²) in [7, 11) is 0. The summed E-state index contributed by atoms with van der Waals surface area (Å²) in [6.45, 7) is 9.28. The summed E-state index contributed by atoms with van der Waals surface area (Å²) in [5.74, 6) is 0.723. The molecule has 1 amide bonds. The zero-order valence-electron chi connectivity index (χ0n) is 13.5. The molecule has 2 rings (SSSR count). The molecule has 1 N–H and O–H groups in total. The van der Waals surface area contributed by atoms with Crippen LogP contribution in [0.3, 0.4) is 0 Å². The number of amides is 1. The fourth-order valence-electron chi connectivity index (χ4n) is 3.01. The van der Waals surface area contributed by atoms with E-state index in [0.717, 1.165) is 19.4 Å². The van der Waals surface area contributed by atoms with Gasteiger partial charge in [0.2, 0.25) is 5.91 Å². The number of aryl methyl sites for hydroxylation is 1.